The smallest absolute Gasteiger partial charge is 0.407 e. The molecule has 1 heterocycles. The van der Waals surface area contributed by atoms with Gasteiger partial charge in [0.2, 0.25) is 0 Å². The Balaban J connectivity index is 1.75. The van der Waals surface area contributed by atoms with E-state index in [1.54, 1.807) is 5.32 Å². The van der Waals surface area contributed by atoms with Crippen LogP contribution in [-0.2, 0) is 0 Å². The second-order valence-electron chi connectivity index (χ2n) is 5.84. The van der Waals surface area contributed by atoms with Crippen molar-refractivity contribution in [2.45, 2.75) is 18.6 Å². The lowest BCUT2D eigenvalue weighted by molar-refractivity contribution is -0.123. The lowest BCUT2D eigenvalue weighted by Gasteiger charge is -2.31. The van der Waals surface area contributed by atoms with E-state index in [0.29, 0.717) is 38.4 Å². The van der Waals surface area contributed by atoms with Crippen LogP contribution in [0, 0.1) is 0 Å². The van der Waals surface area contributed by atoms with E-state index in [1.807, 2.05) is 0 Å². The fraction of sp³-hybridized carbons (Fsp3) is 0.500. The van der Waals surface area contributed by atoms with E-state index in [9.17, 15) is 22.8 Å². The predicted molar refractivity (Wildman–Crippen MR) is 86.3 cm³/mol. The molecule has 1 aliphatic heterocycles. The molecule has 2 rings (SSSR count). The van der Waals surface area contributed by atoms with E-state index in [4.69, 9.17) is 9.84 Å². The van der Waals surface area contributed by atoms with Crippen LogP contribution in [-0.4, -0.2) is 67.0 Å². The molecule has 7 nitrogen and oxygen atoms in total. The number of carbonyl (C=O) groups is 2. The number of piperazine rings is 1. The Kier molecular flexibility index (Phi) is 6.67. The Morgan fingerprint density at radius 1 is 1.31 bits per heavy atom. The Hall–Kier alpha value is -2.49. The molecule has 26 heavy (non-hydrogen) atoms. The van der Waals surface area contributed by atoms with Crippen LogP contribution >= 0.6 is 0 Å². The van der Waals surface area contributed by atoms with Gasteiger partial charge in [-0.05, 0) is 30.7 Å². The van der Waals surface area contributed by atoms with E-state index in [0.717, 1.165) is 0 Å². The van der Waals surface area contributed by atoms with Crippen molar-refractivity contribution in [1.29, 1.82) is 0 Å². The minimum absolute atomic E-state index is 0.00716. The Bertz CT molecular complexity index is 622. The summed E-state index contributed by atoms with van der Waals surface area (Å²) in [5.41, 5.74) is 0.104. The maximum atomic E-state index is 12.1. The van der Waals surface area contributed by atoms with Gasteiger partial charge in [0.25, 0.3) is 5.91 Å². The lowest BCUT2D eigenvalue weighted by Crippen LogP contribution is -2.52. The molecule has 0 saturated carbocycles. The second-order valence-corrected chi connectivity index (χ2v) is 5.84. The van der Waals surface area contributed by atoms with Crippen LogP contribution in [0.5, 0.6) is 5.75 Å². The van der Waals surface area contributed by atoms with Crippen LogP contribution in [0.1, 0.15) is 16.8 Å². The highest BCUT2D eigenvalue weighted by atomic mass is 19.4. The van der Waals surface area contributed by atoms with Gasteiger partial charge in [0.1, 0.15) is 12.3 Å². The van der Waals surface area contributed by atoms with Gasteiger partial charge in [-0.1, -0.05) is 0 Å². The first-order valence-electron chi connectivity index (χ1n) is 8.03. The number of amides is 2. The zero-order chi connectivity index (χ0) is 19.2. The number of hydrogen-bond donors (Lipinski definition) is 3. The summed E-state index contributed by atoms with van der Waals surface area (Å²) in [5, 5.41) is 14.0. The van der Waals surface area contributed by atoms with Gasteiger partial charge in [0.15, 0.2) is 0 Å². The van der Waals surface area contributed by atoms with Gasteiger partial charge in [0, 0.05) is 31.2 Å². The fourth-order valence-corrected chi connectivity index (χ4v) is 2.50. The first-order valence-corrected chi connectivity index (χ1v) is 8.03. The van der Waals surface area contributed by atoms with Crippen molar-refractivity contribution < 1.29 is 32.6 Å². The van der Waals surface area contributed by atoms with Gasteiger partial charge >= 0.3 is 12.3 Å². The van der Waals surface area contributed by atoms with E-state index < -0.39 is 24.7 Å². The molecular formula is C16H20F3N3O4. The molecular weight excluding hydrogens is 355 g/mol. The number of nitrogens with one attached hydrogen (secondary N) is 2. The summed E-state index contributed by atoms with van der Waals surface area (Å²) in [7, 11) is 0. The summed E-state index contributed by atoms with van der Waals surface area (Å²) in [6, 6.07) is 5.76. The molecule has 2 amide bonds. The molecule has 144 valence electrons. The average Bonchev–Trinajstić information content (AvgIpc) is 2.60. The highest BCUT2D eigenvalue weighted by Crippen LogP contribution is 2.15. The highest BCUT2D eigenvalue weighted by molar-refractivity contribution is 5.94. The third kappa shape index (κ3) is 6.43. The van der Waals surface area contributed by atoms with Crippen molar-refractivity contribution in [3.63, 3.8) is 0 Å². The number of carboxylic acid groups (broad SMARTS) is 1. The van der Waals surface area contributed by atoms with E-state index in [1.165, 1.54) is 29.2 Å². The fourth-order valence-electron chi connectivity index (χ4n) is 2.50. The van der Waals surface area contributed by atoms with Crippen molar-refractivity contribution in [3.05, 3.63) is 29.8 Å². The van der Waals surface area contributed by atoms with E-state index >= 15 is 0 Å². The number of rotatable bonds is 6. The highest BCUT2D eigenvalue weighted by Gasteiger charge is 2.28. The topological polar surface area (TPSA) is 90.9 Å². The number of hydrogen-bond acceptors (Lipinski definition) is 4. The maximum absolute atomic E-state index is 12.1. The van der Waals surface area contributed by atoms with Crippen LogP contribution in [0.4, 0.5) is 18.0 Å². The molecule has 1 saturated heterocycles. The molecule has 0 aliphatic carbocycles. The van der Waals surface area contributed by atoms with Crippen molar-refractivity contribution in [1.82, 2.24) is 15.5 Å². The molecule has 1 aromatic carbocycles. The number of halogens is 3. The third-order valence-corrected chi connectivity index (χ3v) is 3.83. The normalized spacial score (nSPS) is 17.7. The standard InChI is InChI=1S/C16H20F3N3O4/c17-16(18,19)10-21-14(23)11-1-3-13(4-2-11)26-8-5-12-9-22(15(24)25)7-6-20-12/h1-4,12,20H,5-10H2,(H,21,23)(H,24,25). The summed E-state index contributed by atoms with van der Waals surface area (Å²) in [4.78, 5) is 23.9. The molecule has 10 heteroatoms. The Labute approximate surface area is 148 Å². The number of alkyl halides is 3. The molecule has 1 aliphatic rings. The number of benzene rings is 1. The molecule has 1 aromatic rings. The number of ether oxygens (including phenoxy) is 1. The van der Waals surface area contributed by atoms with Gasteiger partial charge in [-0.15, -0.1) is 0 Å². The summed E-state index contributed by atoms with van der Waals surface area (Å²) in [6.45, 7) is 0.372. The van der Waals surface area contributed by atoms with E-state index in [2.05, 4.69) is 5.32 Å². The molecule has 0 bridgehead atoms. The molecule has 1 atom stereocenters. The second kappa shape index (κ2) is 8.75. The number of nitrogens with zero attached hydrogens (tertiary/aromatic N) is 1. The first-order chi connectivity index (χ1) is 12.2. The van der Waals surface area contributed by atoms with Crippen molar-refractivity contribution >= 4 is 12.0 Å². The Morgan fingerprint density at radius 2 is 2.00 bits per heavy atom. The van der Waals surface area contributed by atoms with Crippen molar-refractivity contribution in [3.8, 4) is 5.75 Å². The van der Waals surface area contributed by atoms with Crippen LogP contribution in [0.25, 0.3) is 0 Å². The van der Waals surface area contributed by atoms with Gasteiger partial charge in [0.05, 0.1) is 6.61 Å². The quantitative estimate of drug-likeness (QED) is 0.704. The van der Waals surface area contributed by atoms with Gasteiger partial charge in [-0.3, -0.25) is 4.79 Å². The van der Waals surface area contributed by atoms with Crippen LogP contribution in [0.15, 0.2) is 24.3 Å². The molecule has 3 N–H and O–H groups in total. The average molecular weight is 375 g/mol. The molecule has 1 unspecified atom stereocenters. The van der Waals surface area contributed by atoms with Gasteiger partial charge in [-0.2, -0.15) is 13.2 Å². The van der Waals surface area contributed by atoms with Crippen LogP contribution in [0.2, 0.25) is 0 Å². The third-order valence-electron chi connectivity index (χ3n) is 3.83. The molecule has 0 radical (unpaired) electrons. The van der Waals surface area contributed by atoms with Crippen molar-refractivity contribution in [2.24, 2.45) is 0 Å². The monoisotopic (exact) mass is 375 g/mol. The Morgan fingerprint density at radius 3 is 2.62 bits per heavy atom. The lowest BCUT2D eigenvalue weighted by atomic mass is 10.1. The zero-order valence-corrected chi connectivity index (χ0v) is 13.9. The number of carbonyl (C=O) groups excluding carboxylic acids is 1. The summed E-state index contributed by atoms with van der Waals surface area (Å²) < 4.78 is 41.8. The summed E-state index contributed by atoms with van der Waals surface area (Å²) in [5.74, 6) is -0.336. The summed E-state index contributed by atoms with van der Waals surface area (Å²) in [6.07, 6.45) is -4.81. The minimum atomic E-state index is -4.46. The molecule has 1 fully saturated rings. The van der Waals surface area contributed by atoms with Gasteiger partial charge < -0.3 is 25.4 Å². The largest absolute Gasteiger partial charge is 0.494 e. The minimum Gasteiger partial charge on any atom is -0.494 e. The van der Waals surface area contributed by atoms with Crippen LogP contribution < -0.4 is 15.4 Å². The maximum Gasteiger partial charge on any atom is 0.407 e. The van der Waals surface area contributed by atoms with Crippen molar-refractivity contribution in [2.75, 3.05) is 32.8 Å². The molecule has 0 aromatic heterocycles. The summed E-state index contributed by atoms with van der Waals surface area (Å²) >= 11 is 0. The van der Waals surface area contributed by atoms with E-state index in [-0.39, 0.29) is 11.6 Å². The molecule has 0 spiro atoms. The predicted octanol–water partition coefficient (Wildman–Crippen LogP) is 1.70. The van der Waals surface area contributed by atoms with Gasteiger partial charge in [-0.25, -0.2) is 4.79 Å². The van der Waals surface area contributed by atoms with Crippen LogP contribution in [0.3, 0.4) is 0 Å². The SMILES string of the molecule is O=C(NCC(F)(F)F)c1ccc(OCCC2CN(C(=O)O)CCN2)cc1. The zero-order valence-electron chi connectivity index (χ0n) is 13.9. The first kappa shape index (κ1) is 19.8.